The summed E-state index contributed by atoms with van der Waals surface area (Å²) in [7, 11) is 1.71. The van der Waals surface area contributed by atoms with Crippen LogP contribution < -0.4 is 0 Å². The van der Waals surface area contributed by atoms with Gasteiger partial charge in [0.2, 0.25) is 0 Å². The van der Waals surface area contributed by atoms with Crippen molar-refractivity contribution in [2.24, 2.45) is 7.05 Å². The Morgan fingerprint density at radius 3 is 2.23 bits per heavy atom. The van der Waals surface area contributed by atoms with Crippen LogP contribution in [0.5, 0.6) is 0 Å². The van der Waals surface area contributed by atoms with E-state index in [9.17, 15) is 10.1 Å². The molecule has 3 rings (SSSR count). The molecule has 0 N–H and O–H groups in total. The Morgan fingerprint density at radius 2 is 1.65 bits per heavy atom. The number of thiol groups is 1. The summed E-state index contributed by atoms with van der Waals surface area (Å²) < 4.78 is 6.77. The summed E-state index contributed by atoms with van der Waals surface area (Å²) >= 11 is 4.41. The number of carbonyl (C=O) groups excluding carboxylic acids is 1. The molecule has 0 aliphatic carbocycles. The fourth-order valence-electron chi connectivity index (χ4n) is 2.96. The lowest BCUT2D eigenvalue weighted by atomic mass is 9.98. The minimum atomic E-state index is -0.464. The van der Waals surface area contributed by atoms with E-state index in [1.54, 1.807) is 18.5 Å². The van der Waals surface area contributed by atoms with Gasteiger partial charge in [0.25, 0.3) is 0 Å². The Morgan fingerprint density at radius 1 is 1.08 bits per heavy atom. The number of esters is 1. The van der Waals surface area contributed by atoms with Crippen molar-refractivity contribution >= 4 is 18.6 Å². The second-order valence-electron chi connectivity index (χ2n) is 5.76. The van der Waals surface area contributed by atoms with Crippen LogP contribution in [0.3, 0.4) is 0 Å². The molecule has 0 aliphatic heterocycles. The highest BCUT2D eigenvalue weighted by Crippen LogP contribution is 2.35. The van der Waals surface area contributed by atoms with E-state index in [1.165, 1.54) is 0 Å². The maximum atomic E-state index is 12.4. The van der Waals surface area contributed by atoms with Crippen LogP contribution >= 0.6 is 12.6 Å². The quantitative estimate of drug-likeness (QED) is 0.541. The third-order valence-electron chi connectivity index (χ3n) is 4.22. The normalized spacial score (nSPS) is 10.4. The number of ether oxygens (including phenoxy) is 1. The fourth-order valence-corrected chi connectivity index (χ4v) is 3.22. The van der Waals surface area contributed by atoms with Crippen LogP contribution in [0.1, 0.15) is 23.0 Å². The first-order valence-corrected chi connectivity index (χ1v) is 8.67. The van der Waals surface area contributed by atoms with Gasteiger partial charge < -0.3 is 9.30 Å². The van der Waals surface area contributed by atoms with Gasteiger partial charge in [-0.3, -0.25) is 0 Å². The van der Waals surface area contributed by atoms with Crippen molar-refractivity contribution in [3.05, 3.63) is 65.9 Å². The van der Waals surface area contributed by atoms with E-state index in [4.69, 9.17) is 4.74 Å². The molecule has 3 aromatic rings. The van der Waals surface area contributed by atoms with Crippen LogP contribution in [0.25, 0.3) is 22.3 Å². The summed E-state index contributed by atoms with van der Waals surface area (Å²) in [6.45, 7) is 2.02. The Balaban J connectivity index is 2.13. The molecule has 0 bridgehead atoms. The number of hydrogen-bond donors (Lipinski definition) is 1. The molecule has 5 heteroatoms. The second-order valence-corrected chi connectivity index (χ2v) is 6.18. The average Bonchev–Trinajstić information content (AvgIpc) is 2.93. The lowest BCUT2D eigenvalue weighted by Crippen LogP contribution is -2.11. The lowest BCUT2D eigenvalue weighted by molar-refractivity contribution is 0.0515. The third-order valence-corrected chi connectivity index (χ3v) is 4.75. The van der Waals surface area contributed by atoms with E-state index in [1.807, 2.05) is 54.6 Å². The summed E-state index contributed by atoms with van der Waals surface area (Å²) in [5, 5.41) is 10.0. The molecular formula is C21H18N2O2S. The van der Waals surface area contributed by atoms with Gasteiger partial charge in [0, 0.05) is 12.6 Å². The van der Waals surface area contributed by atoms with Crippen LogP contribution in [-0.2, 0) is 11.8 Å². The monoisotopic (exact) mass is 362 g/mol. The maximum absolute atomic E-state index is 12.4. The number of carbonyl (C=O) groups is 1. The lowest BCUT2D eigenvalue weighted by Gasteiger charge is -2.08. The van der Waals surface area contributed by atoms with Gasteiger partial charge in [-0.25, -0.2) is 4.79 Å². The first-order chi connectivity index (χ1) is 12.6. The summed E-state index contributed by atoms with van der Waals surface area (Å²) in [5.74, 6) is -0.464. The molecule has 130 valence electrons. The van der Waals surface area contributed by atoms with Crippen molar-refractivity contribution < 1.29 is 9.53 Å². The van der Waals surface area contributed by atoms with Crippen molar-refractivity contribution in [2.75, 3.05) is 6.61 Å². The summed E-state index contributed by atoms with van der Waals surface area (Å²) in [5.41, 5.74) is 4.20. The van der Waals surface area contributed by atoms with Gasteiger partial charge in [-0.1, -0.05) is 54.6 Å². The van der Waals surface area contributed by atoms with E-state index in [0.29, 0.717) is 21.8 Å². The van der Waals surface area contributed by atoms with Crippen LogP contribution in [-0.4, -0.2) is 17.1 Å². The number of hydrogen-bond acceptors (Lipinski definition) is 4. The second kappa shape index (κ2) is 7.51. The largest absolute Gasteiger partial charge is 0.461 e. The van der Waals surface area contributed by atoms with E-state index < -0.39 is 5.97 Å². The van der Waals surface area contributed by atoms with E-state index in [2.05, 4.69) is 18.7 Å². The van der Waals surface area contributed by atoms with Gasteiger partial charge >= 0.3 is 5.97 Å². The summed E-state index contributed by atoms with van der Waals surface area (Å²) in [6, 6.07) is 20.0. The highest BCUT2D eigenvalue weighted by Gasteiger charge is 2.26. The molecule has 26 heavy (non-hydrogen) atoms. The standard InChI is InChI=1S/C21H18N2O2S/c1-3-25-21(24)19-18(17(13-22)20(26)23(19)2)16-11-9-15(10-12-16)14-7-5-4-6-8-14/h4-12,26H,3H2,1-2H3. The molecular weight excluding hydrogens is 344 g/mol. The van der Waals surface area contributed by atoms with Crippen LogP contribution in [0.4, 0.5) is 0 Å². The molecule has 0 amide bonds. The predicted octanol–water partition coefficient (Wildman–Crippen LogP) is 4.70. The zero-order valence-electron chi connectivity index (χ0n) is 14.6. The highest BCUT2D eigenvalue weighted by molar-refractivity contribution is 7.80. The molecule has 0 radical (unpaired) electrons. The zero-order chi connectivity index (χ0) is 18.7. The fraction of sp³-hybridized carbons (Fsp3) is 0.143. The van der Waals surface area contributed by atoms with Crippen molar-refractivity contribution in [1.29, 1.82) is 5.26 Å². The van der Waals surface area contributed by atoms with Gasteiger partial charge in [-0.15, -0.1) is 12.6 Å². The first-order valence-electron chi connectivity index (χ1n) is 8.23. The van der Waals surface area contributed by atoms with E-state index in [0.717, 1.165) is 16.7 Å². The van der Waals surface area contributed by atoms with Crippen molar-refractivity contribution in [1.82, 2.24) is 4.57 Å². The molecule has 0 fully saturated rings. The summed E-state index contributed by atoms with van der Waals surface area (Å²) in [4.78, 5) is 12.4. The average molecular weight is 362 g/mol. The van der Waals surface area contributed by atoms with Crippen LogP contribution in [0.15, 0.2) is 59.6 Å². The molecule has 2 aromatic carbocycles. The molecule has 0 spiro atoms. The molecule has 1 aromatic heterocycles. The molecule has 0 saturated carbocycles. The Kier molecular flexibility index (Phi) is 5.15. The van der Waals surface area contributed by atoms with E-state index >= 15 is 0 Å². The maximum Gasteiger partial charge on any atom is 0.355 e. The number of nitrogens with zero attached hydrogens (tertiary/aromatic N) is 2. The van der Waals surface area contributed by atoms with Gasteiger partial charge in [0.15, 0.2) is 0 Å². The van der Waals surface area contributed by atoms with Crippen molar-refractivity contribution in [3.8, 4) is 28.3 Å². The van der Waals surface area contributed by atoms with Crippen LogP contribution in [0.2, 0.25) is 0 Å². The van der Waals surface area contributed by atoms with Gasteiger partial charge in [0.05, 0.1) is 17.2 Å². The SMILES string of the molecule is CCOC(=O)c1c(-c2ccc(-c3ccccc3)cc2)c(C#N)c(S)n1C. The first kappa shape index (κ1) is 17.8. The number of benzene rings is 2. The zero-order valence-corrected chi connectivity index (χ0v) is 15.5. The summed E-state index contributed by atoms with van der Waals surface area (Å²) in [6.07, 6.45) is 0. The topological polar surface area (TPSA) is 55.0 Å². The predicted molar refractivity (Wildman–Crippen MR) is 104 cm³/mol. The smallest absolute Gasteiger partial charge is 0.355 e. The van der Waals surface area contributed by atoms with Crippen molar-refractivity contribution in [2.45, 2.75) is 11.9 Å². The number of nitriles is 1. The van der Waals surface area contributed by atoms with Gasteiger partial charge in [-0.05, 0) is 23.6 Å². The Hall–Kier alpha value is -2.97. The molecule has 0 saturated heterocycles. The minimum absolute atomic E-state index is 0.264. The third kappa shape index (κ3) is 3.12. The number of aromatic nitrogens is 1. The van der Waals surface area contributed by atoms with Gasteiger partial charge in [0.1, 0.15) is 11.8 Å². The molecule has 0 unspecified atom stereocenters. The highest BCUT2D eigenvalue weighted by atomic mass is 32.1. The molecule has 4 nitrogen and oxygen atoms in total. The Labute approximate surface area is 158 Å². The minimum Gasteiger partial charge on any atom is -0.461 e. The number of rotatable bonds is 4. The Bertz CT molecular complexity index is 984. The van der Waals surface area contributed by atoms with Crippen LogP contribution in [0, 0.1) is 11.3 Å². The van der Waals surface area contributed by atoms with Crippen molar-refractivity contribution in [3.63, 3.8) is 0 Å². The van der Waals surface area contributed by atoms with Gasteiger partial charge in [-0.2, -0.15) is 5.26 Å². The van der Waals surface area contributed by atoms with E-state index in [-0.39, 0.29) is 6.61 Å². The molecule has 0 aliphatic rings. The molecule has 1 heterocycles. The molecule has 0 atom stereocenters.